The van der Waals surface area contributed by atoms with Crippen LogP contribution < -0.4 is 10.6 Å². The zero-order valence-electron chi connectivity index (χ0n) is 13.5. The Hall–Kier alpha value is -1.07. The summed E-state index contributed by atoms with van der Waals surface area (Å²) in [4.78, 5) is 11.5. The van der Waals surface area contributed by atoms with E-state index in [2.05, 4.69) is 17.2 Å². The maximum absolute atomic E-state index is 11.5. The Morgan fingerprint density at radius 1 is 1.35 bits per heavy atom. The summed E-state index contributed by atoms with van der Waals surface area (Å²) in [5.74, 6) is 0. The third-order valence-corrected chi connectivity index (χ3v) is 2.46. The molecule has 0 aliphatic rings. The average molecular weight is 286 g/mol. The van der Waals surface area contributed by atoms with Crippen LogP contribution in [-0.4, -0.2) is 44.5 Å². The number of alkyl carbamates (subject to hydrolysis) is 1. The summed E-state index contributed by atoms with van der Waals surface area (Å²) < 4.78 is 10.3. The molecule has 0 aliphatic heterocycles. The Labute approximate surface area is 123 Å². The molecule has 0 radical (unpaired) electrons. The highest BCUT2D eigenvalue weighted by Crippen LogP contribution is 2.06. The minimum Gasteiger partial charge on any atom is -0.444 e. The van der Waals surface area contributed by atoms with Crippen LogP contribution in [0.15, 0.2) is 12.2 Å². The van der Waals surface area contributed by atoms with E-state index in [1.165, 1.54) is 0 Å². The van der Waals surface area contributed by atoms with Crippen LogP contribution in [0.25, 0.3) is 0 Å². The van der Waals surface area contributed by atoms with Crippen LogP contribution in [0.5, 0.6) is 0 Å². The molecule has 0 heterocycles. The molecule has 5 heteroatoms. The van der Waals surface area contributed by atoms with Crippen LogP contribution >= 0.6 is 0 Å². The molecule has 0 rings (SSSR count). The lowest BCUT2D eigenvalue weighted by molar-refractivity contribution is 0.0526. The Morgan fingerprint density at radius 2 is 2.00 bits per heavy atom. The highest BCUT2D eigenvalue weighted by molar-refractivity contribution is 5.67. The van der Waals surface area contributed by atoms with Gasteiger partial charge in [-0.3, -0.25) is 0 Å². The molecule has 0 saturated heterocycles. The fourth-order valence-corrected chi connectivity index (χ4v) is 1.62. The van der Waals surface area contributed by atoms with Crippen molar-refractivity contribution in [3.8, 4) is 0 Å². The van der Waals surface area contributed by atoms with Gasteiger partial charge in [-0.2, -0.15) is 0 Å². The first-order chi connectivity index (χ1) is 9.24. The van der Waals surface area contributed by atoms with Gasteiger partial charge in [0, 0.05) is 26.2 Å². The van der Waals surface area contributed by atoms with E-state index >= 15 is 0 Å². The van der Waals surface area contributed by atoms with E-state index in [1.54, 1.807) is 7.11 Å². The zero-order valence-corrected chi connectivity index (χ0v) is 13.5. The van der Waals surface area contributed by atoms with E-state index in [0.29, 0.717) is 13.2 Å². The topological polar surface area (TPSA) is 59.6 Å². The van der Waals surface area contributed by atoms with Crippen molar-refractivity contribution < 1.29 is 14.3 Å². The second-order valence-electron chi connectivity index (χ2n) is 6.06. The minimum atomic E-state index is -0.453. The Balaban J connectivity index is 3.82. The highest BCUT2D eigenvalue weighted by atomic mass is 16.6. The molecule has 1 atom stereocenters. The molecule has 2 N–H and O–H groups in total. The van der Waals surface area contributed by atoms with E-state index in [0.717, 1.165) is 25.0 Å². The molecule has 1 amide bonds. The average Bonchev–Trinajstić information content (AvgIpc) is 2.28. The molecule has 0 aromatic heterocycles. The highest BCUT2D eigenvalue weighted by Gasteiger charge is 2.15. The van der Waals surface area contributed by atoms with Crippen LogP contribution in [0.2, 0.25) is 0 Å². The number of methoxy groups -OCH3 is 1. The third-order valence-electron chi connectivity index (χ3n) is 2.46. The van der Waals surface area contributed by atoms with Crippen LogP contribution in [0, 0.1) is 0 Å². The first-order valence-electron chi connectivity index (χ1n) is 7.08. The summed E-state index contributed by atoms with van der Waals surface area (Å²) in [5, 5.41) is 6.13. The number of hydrogen-bond acceptors (Lipinski definition) is 4. The van der Waals surface area contributed by atoms with Gasteiger partial charge in [0.05, 0.1) is 6.61 Å². The fourth-order valence-electron chi connectivity index (χ4n) is 1.62. The summed E-state index contributed by atoms with van der Waals surface area (Å²) in [7, 11) is 1.69. The van der Waals surface area contributed by atoms with Gasteiger partial charge < -0.3 is 20.1 Å². The van der Waals surface area contributed by atoms with E-state index in [1.807, 2.05) is 27.7 Å². The molecule has 0 aliphatic carbocycles. The number of carbonyl (C=O) groups excluding carboxylic acids is 1. The van der Waals surface area contributed by atoms with Crippen molar-refractivity contribution in [3.63, 3.8) is 0 Å². The quantitative estimate of drug-likeness (QED) is 0.505. The molecular weight excluding hydrogens is 256 g/mol. The normalized spacial score (nSPS) is 12.8. The number of hydrogen-bond donors (Lipinski definition) is 2. The van der Waals surface area contributed by atoms with Gasteiger partial charge in [0.25, 0.3) is 0 Å². The monoisotopic (exact) mass is 286 g/mol. The van der Waals surface area contributed by atoms with Crippen molar-refractivity contribution >= 4 is 6.09 Å². The van der Waals surface area contributed by atoms with Gasteiger partial charge in [-0.25, -0.2) is 4.79 Å². The van der Waals surface area contributed by atoms with Gasteiger partial charge in [-0.05, 0) is 40.5 Å². The largest absolute Gasteiger partial charge is 0.444 e. The smallest absolute Gasteiger partial charge is 0.407 e. The summed E-state index contributed by atoms with van der Waals surface area (Å²) >= 11 is 0. The van der Waals surface area contributed by atoms with Gasteiger partial charge >= 0.3 is 6.09 Å². The predicted octanol–water partition coefficient (Wildman–Crippen LogP) is 2.47. The molecule has 1 unspecified atom stereocenters. The number of ether oxygens (including phenoxy) is 2. The third kappa shape index (κ3) is 12.0. The molecule has 0 spiro atoms. The molecule has 0 saturated carbocycles. The molecule has 0 fully saturated rings. The maximum atomic E-state index is 11.5. The molecule has 0 aromatic rings. The number of amides is 1. The summed E-state index contributed by atoms with van der Waals surface area (Å²) in [6.45, 7) is 13.4. The summed E-state index contributed by atoms with van der Waals surface area (Å²) in [5.41, 5.74) is 0.643. The number of carbonyl (C=O) groups is 1. The van der Waals surface area contributed by atoms with Crippen molar-refractivity contribution in [3.05, 3.63) is 12.2 Å². The van der Waals surface area contributed by atoms with Gasteiger partial charge in [0.15, 0.2) is 0 Å². The number of rotatable bonds is 9. The summed E-state index contributed by atoms with van der Waals surface area (Å²) in [6.07, 6.45) is 1.43. The van der Waals surface area contributed by atoms with Gasteiger partial charge in [-0.1, -0.05) is 12.2 Å². The Kier molecular flexibility index (Phi) is 9.25. The van der Waals surface area contributed by atoms with Gasteiger partial charge in [-0.15, -0.1) is 0 Å². The van der Waals surface area contributed by atoms with Gasteiger partial charge in [0.2, 0.25) is 0 Å². The second kappa shape index (κ2) is 9.77. The molecule has 0 aromatic carbocycles. The van der Waals surface area contributed by atoms with Crippen LogP contribution in [0.1, 0.15) is 40.5 Å². The zero-order chi connectivity index (χ0) is 15.6. The van der Waals surface area contributed by atoms with E-state index < -0.39 is 5.60 Å². The standard InChI is InChI=1S/C15H30N2O3/c1-12(2)10-17-13(11-19-6)8-7-9-16-14(18)20-15(3,4)5/h13,17H,1,7-11H2,2-6H3,(H,16,18). The van der Waals surface area contributed by atoms with Crippen LogP contribution in [0.3, 0.4) is 0 Å². The summed E-state index contributed by atoms with van der Waals surface area (Å²) in [6, 6.07) is 0.275. The lowest BCUT2D eigenvalue weighted by atomic mass is 10.1. The lowest BCUT2D eigenvalue weighted by Gasteiger charge is -2.20. The predicted molar refractivity (Wildman–Crippen MR) is 82.0 cm³/mol. The molecule has 118 valence electrons. The van der Waals surface area contributed by atoms with Crippen molar-refractivity contribution in [2.75, 3.05) is 26.8 Å². The van der Waals surface area contributed by atoms with Crippen molar-refractivity contribution in [2.24, 2.45) is 0 Å². The number of nitrogens with one attached hydrogen (secondary N) is 2. The van der Waals surface area contributed by atoms with Gasteiger partial charge in [0.1, 0.15) is 5.60 Å². The first-order valence-corrected chi connectivity index (χ1v) is 7.08. The van der Waals surface area contributed by atoms with E-state index in [-0.39, 0.29) is 12.1 Å². The van der Waals surface area contributed by atoms with Crippen molar-refractivity contribution in [1.82, 2.24) is 10.6 Å². The second-order valence-corrected chi connectivity index (χ2v) is 6.06. The molecule has 5 nitrogen and oxygen atoms in total. The first kappa shape index (κ1) is 18.9. The van der Waals surface area contributed by atoms with Crippen molar-refractivity contribution in [1.29, 1.82) is 0 Å². The Bertz CT molecular complexity index is 298. The minimum absolute atomic E-state index is 0.275. The maximum Gasteiger partial charge on any atom is 0.407 e. The van der Waals surface area contributed by atoms with Crippen LogP contribution in [-0.2, 0) is 9.47 Å². The van der Waals surface area contributed by atoms with E-state index in [4.69, 9.17) is 9.47 Å². The Morgan fingerprint density at radius 3 is 2.50 bits per heavy atom. The lowest BCUT2D eigenvalue weighted by Crippen LogP contribution is -2.36. The van der Waals surface area contributed by atoms with Crippen molar-refractivity contribution in [2.45, 2.75) is 52.2 Å². The fraction of sp³-hybridized carbons (Fsp3) is 0.800. The molecule has 0 bridgehead atoms. The molecular formula is C15H30N2O3. The molecule has 20 heavy (non-hydrogen) atoms. The van der Waals surface area contributed by atoms with Crippen LogP contribution in [0.4, 0.5) is 4.79 Å². The van der Waals surface area contributed by atoms with E-state index in [9.17, 15) is 4.79 Å². The SMILES string of the molecule is C=C(C)CNC(CCCNC(=O)OC(C)(C)C)COC.